The number of hydrogen-bond acceptors (Lipinski definition) is 4. The molecule has 1 atom stereocenters. The fraction of sp³-hybridized carbons (Fsp3) is 0.222. The number of hydrogen-bond donors (Lipinski definition) is 2. The van der Waals surface area contributed by atoms with Crippen LogP contribution in [0.25, 0.3) is 0 Å². The van der Waals surface area contributed by atoms with Crippen LogP contribution >= 0.6 is 0 Å². The van der Waals surface area contributed by atoms with Gasteiger partial charge >= 0.3 is 6.03 Å². The lowest BCUT2D eigenvalue weighted by atomic mass is 10.1. The van der Waals surface area contributed by atoms with E-state index in [2.05, 4.69) is 15.6 Å². The molecule has 26 heavy (non-hydrogen) atoms. The summed E-state index contributed by atoms with van der Waals surface area (Å²) in [5.41, 5.74) is 0.516. The summed E-state index contributed by atoms with van der Waals surface area (Å²) in [7, 11) is 0. The van der Waals surface area contributed by atoms with Gasteiger partial charge in [0.15, 0.2) is 0 Å². The van der Waals surface area contributed by atoms with Gasteiger partial charge in [0.05, 0.1) is 6.54 Å². The molecular weight excluding hydrogens is 339 g/mol. The van der Waals surface area contributed by atoms with Crippen molar-refractivity contribution in [2.45, 2.75) is 25.4 Å². The lowest BCUT2D eigenvalue weighted by molar-refractivity contribution is -0.128. The number of nitrogens with one attached hydrogen (secondary N) is 2. The Morgan fingerprint density at radius 2 is 2.08 bits per heavy atom. The Kier molecular flexibility index (Phi) is 5.21. The number of nitrogens with zero attached hydrogens (tertiary/aromatic N) is 2. The van der Waals surface area contributed by atoms with Crippen molar-refractivity contribution in [1.82, 2.24) is 15.2 Å². The highest BCUT2D eigenvalue weighted by atomic mass is 19.1. The number of halogens is 1. The molecule has 0 aliphatic carbocycles. The number of pyridine rings is 1. The average molecular weight is 356 g/mol. The maximum absolute atomic E-state index is 13.2. The highest BCUT2D eigenvalue weighted by molar-refractivity contribution is 6.04. The lowest BCUT2D eigenvalue weighted by Crippen LogP contribution is -2.31. The molecule has 2 heterocycles. The van der Waals surface area contributed by atoms with E-state index < -0.39 is 23.8 Å². The quantitative estimate of drug-likeness (QED) is 0.775. The van der Waals surface area contributed by atoms with Crippen LogP contribution in [0.4, 0.5) is 15.0 Å². The van der Waals surface area contributed by atoms with E-state index in [1.807, 2.05) is 0 Å². The van der Waals surface area contributed by atoms with Gasteiger partial charge in [-0.2, -0.15) is 0 Å². The summed E-state index contributed by atoms with van der Waals surface area (Å²) in [6, 6.07) is 9.52. The number of urea groups is 1. The lowest BCUT2D eigenvalue weighted by Gasteiger charge is -2.13. The molecule has 2 N–H and O–H groups in total. The molecule has 1 aromatic heterocycles. The van der Waals surface area contributed by atoms with Crippen LogP contribution in [0.2, 0.25) is 0 Å². The fourth-order valence-corrected chi connectivity index (χ4v) is 2.66. The largest absolute Gasteiger partial charge is 0.326 e. The van der Waals surface area contributed by atoms with Crippen LogP contribution in [0.5, 0.6) is 0 Å². The number of amides is 4. The van der Waals surface area contributed by atoms with Crippen molar-refractivity contribution in [3.63, 3.8) is 0 Å². The second-order valence-corrected chi connectivity index (χ2v) is 5.86. The summed E-state index contributed by atoms with van der Waals surface area (Å²) in [5, 5.41) is 5.18. The van der Waals surface area contributed by atoms with E-state index in [9.17, 15) is 18.8 Å². The summed E-state index contributed by atoms with van der Waals surface area (Å²) >= 11 is 0. The third-order valence-electron chi connectivity index (χ3n) is 3.93. The summed E-state index contributed by atoms with van der Waals surface area (Å²) in [5.74, 6) is -0.733. The third kappa shape index (κ3) is 4.21. The summed E-state index contributed by atoms with van der Waals surface area (Å²) in [6.07, 6.45) is 1.78. The van der Waals surface area contributed by atoms with Crippen LogP contribution in [0.15, 0.2) is 48.7 Å². The molecule has 0 radical (unpaired) electrons. The second-order valence-electron chi connectivity index (χ2n) is 5.86. The van der Waals surface area contributed by atoms with Crippen molar-refractivity contribution in [1.29, 1.82) is 0 Å². The maximum atomic E-state index is 13.2. The van der Waals surface area contributed by atoms with Crippen molar-refractivity contribution in [2.24, 2.45) is 0 Å². The van der Waals surface area contributed by atoms with Crippen molar-refractivity contribution in [3.8, 4) is 0 Å². The zero-order valence-electron chi connectivity index (χ0n) is 13.8. The first-order valence-electron chi connectivity index (χ1n) is 8.10. The molecule has 134 valence electrons. The molecule has 1 aliphatic heterocycles. The number of carbonyl (C=O) groups is 3. The Labute approximate surface area is 149 Å². The first kappa shape index (κ1) is 17.5. The first-order valence-corrected chi connectivity index (χ1v) is 8.10. The monoisotopic (exact) mass is 356 g/mol. The van der Waals surface area contributed by atoms with E-state index in [1.165, 1.54) is 18.2 Å². The first-order chi connectivity index (χ1) is 12.5. The van der Waals surface area contributed by atoms with Crippen LogP contribution in [-0.2, 0) is 16.1 Å². The predicted molar refractivity (Wildman–Crippen MR) is 91.4 cm³/mol. The van der Waals surface area contributed by atoms with Crippen LogP contribution in [-0.4, -0.2) is 33.8 Å². The average Bonchev–Trinajstić information content (AvgIpc) is 2.88. The van der Waals surface area contributed by atoms with Crippen molar-refractivity contribution in [2.75, 3.05) is 5.32 Å². The van der Waals surface area contributed by atoms with Gasteiger partial charge in [0.2, 0.25) is 5.91 Å². The Hall–Kier alpha value is -3.29. The predicted octanol–water partition coefficient (Wildman–Crippen LogP) is 2.06. The molecule has 8 heteroatoms. The van der Waals surface area contributed by atoms with Gasteiger partial charge in [-0.05, 0) is 36.2 Å². The summed E-state index contributed by atoms with van der Waals surface area (Å²) in [6.45, 7) is -0.0148. The third-order valence-corrected chi connectivity index (χ3v) is 3.93. The van der Waals surface area contributed by atoms with Crippen molar-refractivity contribution < 1.29 is 18.8 Å². The van der Waals surface area contributed by atoms with Gasteiger partial charge in [0.1, 0.15) is 17.7 Å². The molecule has 0 saturated carbocycles. The van der Waals surface area contributed by atoms with Crippen LogP contribution in [0.1, 0.15) is 18.4 Å². The minimum absolute atomic E-state index is 0.0148. The molecule has 1 aromatic carbocycles. The Morgan fingerprint density at radius 3 is 2.81 bits per heavy atom. The van der Waals surface area contributed by atoms with Crippen LogP contribution in [0.3, 0.4) is 0 Å². The molecule has 7 nitrogen and oxygen atoms in total. The van der Waals surface area contributed by atoms with E-state index in [-0.39, 0.29) is 25.3 Å². The number of aromatic nitrogens is 1. The van der Waals surface area contributed by atoms with E-state index in [1.54, 1.807) is 30.5 Å². The van der Waals surface area contributed by atoms with Gasteiger partial charge in [-0.15, -0.1) is 0 Å². The highest BCUT2D eigenvalue weighted by Crippen LogP contribution is 2.16. The van der Waals surface area contributed by atoms with Crippen molar-refractivity contribution in [3.05, 3.63) is 60.0 Å². The van der Waals surface area contributed by atoms with Gasteiger partial charge in [-0.3, -0.25) is 14.5 Å². The SMILES string of the molecule is O=C(CC[C@@H]1NC(=O)N(Cc2cccc(F)c2)C1=O)Nc1ccccn1. The van der Waals surface area contributed by atoms with E-state index >= 15 is 0 Å². The molecule has 1 aliphatic rings. The minimum Gasteiger partial charge on any atom is -0.326 e. The fourth-order valence-electron chi connectivity index (χ4n) is 2.66. The van der Waals surface area contributed by atoms with E-state index in [0.29, 0.717) is 11.4 Å². The Morgan fingerprint density at radius 1 is 1.23 bits per heavy atom. The summed E-state index contributed by atoms with van der Waals surface area (Å²) in [4.78, 5) is 41.3. The Bertz CT molecular complexity index is 828. The molecule has 1 saturated heterocycles. The standard InChI is InChI=1S/C18H17FN4O3/c19-13-5-3-4-12(10-13)11-23-17(25)14(21-18(23)26)7-8-16(24)22-15-6-1-2-9-20-15/h1-6,9-10,14H,7-8,11H2,(H,21,26)(H,20,22,24)/t14-/m0/s1. The maximum Gasteiger partial charge on any atom is 0.325 e. The second kappa shape index (κ2) is 7.73. The molecule has 0 unspecified atom stereocenters. The zero-order valence-corrected chi connectivity index (χ0v) is 13.8. The van der Waals surface area contributed by atoms with Gasteiger partial charge < -0.3 is 10.6 Å². The summed E-state index contributed by atoms with van der Waals surface area (Å²) < 4.78 is 13.2. The molecule has 0 spiro atoms. The molecule has 0 bridgehead atoms. The Balaban J connectivity index is 1.54. The topological polar surface area (TPSA) is 91.4 Å². The zero-order chi connectivity index (χ0) is 18.5. The van der Waals surface area contributed by atoms with Crippen LogP contribution in [0, 0.1) is 5.82 Å². The van der Waals surface area contributed by atoms with E-state index in [4.69, 9.17) is 0 Å². The van der Waals surface area contributed by atoms with Gasteiger partial charge in [0.25, 0.3) is 5.91 Å². The van der Waals surface area contributed by atoms with Crippen LogP contribution < -0.4 is 10.6 Å². The minimum atomic E-state index is -0.773. The molecule has 2 aromatic rings. The smallest absolute Gasteiger partial charge is 0.325 e. The normalized spacial score (nSPS) is 16.5. The number of benzene rings is 1. The van der Waals surface area contributed by atoms with E-state index in [0.717, 1.165) is 4.90 Å². The van der Waals surface area contributed by atoms with Gasteiger partial charge in [-0.1, -0.05) is 18.2 Å². The van der Waals surface area contributed by atoms with Gasteiger partial charge in [-0.25, -0.2) is 14.2 Å². The highest BCUT2D eigenvalue weighted by Gasteiger charge is 2.37. The van der Waals surface area contributed by atoms with Crippen molar-refractivity contribution >= 4 is 23.7 Å². The number of imide groups is 1. The molecular formula is C18H17FN4O3. The number of rotatable bonds is 6. The number of carbonyl (C=O) groups excluding carboxylic acids is 3. The number of anilines is 1. The molecule has 4 amide bonds. The molecule has 3 rings (SSSR count). The molecule has 1 fully saturated rings. The van der Waals surface area contributed by atoms with Gasteiger partial charge in [0, 0.05) is 12.6 Å².